The fourth-order valence-corrected chi connectivity index (χ4v) is 4.85. The van der Waals surface area contributed by atoms with Gasteiger partial charge < -0.3 is 35.2 Å². The number of carbonyl (C=O) groups excluding carboxylic acids is 2. The molecule has 1 aliphatic rings. The maximum atomic E-state index is 12.9. The number of carboxylic acids is 2. The molecule has 0 unspecified atom stereocenters. The summed E-state index contributed by atoms with van der Waals surface area (Å²) in [5.74, 6) is -8.08. The Bertz CT molecular complexity index is 1560. The monoisotopic (exact) mass is 641 g/mol. The van der Waals surface area contributed by atoms with E-state index in [0.717, 1.165) is 11.1 Å². The average molecular weight is 642 g/mol. The molecule has 0 amide bonds. The first kappa shape index (κ1) is 35.4. The molecule has 0 aliphatic carbocycles. The summed E-state index contributed by atoms with van der Waals surface area (Å²) in [6.07, 6.45) is -2.83. The van der Waals surface area contributed by atoms with E-state index in [2.05, 4.69) is 5.32 Å². The van der Waals surface area contributed by atoms with Gasteiger partial charge in [-0.1, -0.05) is 71.3 Å². The number of ketones is 1. The van der Waals surface area contributed by atoms with Crippen molar-refractivity contribution in [1.82, 2.24) is 5.32 Å². The third-order valence-corrected chi connectivity index (χ3v) is 7.45. The van der Waals surface area contributed by atoms with Crippen molar-refractivity contribution >= 4 is 35.3 Å². The molecular formula is C33H36ClNO10. The number of aliphatic hydroxyl groups is 2. The summed E-state index contributed by atoms with van der Waals surface area (Å²) < 4.78 is 10.5. The van der Waals surface area contributed by atoms with Gasteiger partial charge in [0.1, 0.15) is 0 Å². The summed E-state index contributed by atoms with van der Waals surface area (Å²) in [5, 5.41) is 43.4. The van der Waals surface area contributed by atoms with Crippen LogP contribution in [0.3, 0.4) is 0 Å². The summed E-state index contributed by atoms with van der Waals surface area (Å²) in [4.78, 5) is 48.7. The van der Waals surface area contributed by atoms with Crippen molar-refractivity contribution in [3.8, 4) is 0 Å². The van der Waals surface area contributed by atoms with Gasteiger partial charge in [-0.3, -0.25) is 4.79 Å². The van der Waals surface area contributed by atoms with Crippen molar-refractivity contribution < 1.29 is 49.1 Å². The van der Waals surface area contributed by atoms with Gasteiger partial charge in [0.25, 0.3) is 0 Å². The van der Waals surface area contributed by atoms with E-state index in [0.29, 0.717) is 17.2 Å². The van der Waals surface area contributed by atoms with Crippen LogP contribution in [0.4, 0.5) is 0 Å². The van der Waals surface area contributed by atoms with Gasteiger partial charge >= 0.3 is 23.5 Å². The molecule has 240 valence electrons. The lowest BCUT2D eigenvalue weighted by molar-refractivity contribution is -0.263. The Labute approximate surface area is 265 Å². The van der Waals surface area contributed by atoms with E-state index in [1.807, 2.05) is 32.9 Å². The zero-order chi connectivity index (χ0) is 33.7. The van der Waals surface area contributed by atoms with Crippen molar-refractivity contribution in [3.05, 3.63) is 106 Å². The Hall–Kier alpha value is -4.13. The fraction of sp³-hybridized carbons (Fsp3) is 0.333. The molecule has 0 radical (unpaired) electrons. The number of rotatable bonds is 8. The molecular weight excluding hydrogens is 606 g/mol. The Morgan fingerprint density at radius 2 is 1.49 bits per heavy atom. The number of esters is 1. The lowest BCUT2D eigenvalue weighted by atomic mass is 9.86. The van der Waals surface area contributed by atoms with Crippen LogP contribution < -0.4 is 5.32 Å². The number of aliphatic hydroxyl groups excluding tert-OH is 1. The number of aryl methyl sites for hydroxylation is 2. The first-order chi connectivity index (χ1) is 20.9. The van der Waals surface area contributed by atoms with Gasteiger partial charge in [-0.15, -0.1) is 0 Å². The van der Waals surface area contributed by atoms with E-state index in [1.165, 1.54) is 36.4 Å². The fourth-order valence-electron chi connectivity index (χ4n) is 4.66. The molecule has 0 saturated carbocycles. The smallest absolute Gasteiger partial charge is 0.360 e. The number of ether oxygens (including phenoxy) is 2. The lowest BCUT2D eigenvalue weighted by Crippen LogP contribution is -2.63. The van der Waals surface area contributed by atoms with Crippen molar-refractivity contribution in [1.29, 1.82) is 0 Å². The quantitative estimate of drug-likeness (QED) is 0.137. The maximum absolute atomic E-state index is 12.9. The molecule has 3 aromatic carbocycles. The molecule has 45 heavy (non-hydrogen) atoms. The van der Waals surface area contributed by atoms with Crippen molar-refractivity contribution in [2.24, 2.45) is 0 Å². The maximum Gasteiger partial charge on any atom is 0.360 e. The number of halogens is 1. The van der Waals surface area contributed by atoms with Gasteiger partial charge in [0.15, 0.2) is 0 Å². The SMILES string of the molecule is C[C@@H]1NC(C)(C)CO[C@@]1(O)c1cccc(Cl)c1.Cc1ccc(C(=O)O[C@](C(=O)O)(C(=O)c2ccc(C)cc2)[C@@H](O)C(=O)O)cc1. The molecule has 1 fully saturated rings. The highest BCUT2D eigenvalue weighted by Gasteiger charge is 2.59. The molecule has 12 heteroatoms. The molecule has 4 atom stereocenters. The van der Waals surface area contributed by atoms with E-state index in [9.17, 15) is 34.5 Å². The third-order valence-electron chi connectivity index (χ3n) is 7.21. The van der Waals surface area contributed by atoms with Crippen LogP contribution >= 0.6 is 11.6 Å². The Kier molecular flexibility index (Phi) is 10.9. The summed E-state index contributed by atoms with van der Waals surface area (Å²) in [6, 6.07) is 18.2. The molecule has 3 aromatic rings. The Morgan fingerprint density at radius 1 is 0.956 bits per heavy atom. The number of nitrogens with one attached hydrogen (secondary N) is 1. The van der Waals surface area contributed by atoms with E-state index in [1.54, 1.807) is 38.1 Å². The minimum atomic E-state index is -3.36. The van der Waals surface area contributed by atoms with E-state index in [4.69, 9.17) is 26.2 Å². The minimum absolute atomic E-state index is 0.106. The molecule has 5 N–H and O–H groups in total. The number of morpholine rings is 1. The molecule has 0 spiro atoms. The van der Waals surface area contributed by atoms with Crippen LogP contribution in [0.2, 0.25) is 5.02 Å². The van der Waals surface area contributed by atoms with Crippen LogP contribution in [0.25, 0.3) is 0 Å². The number of benzene rings is 3. The molecule has 1 heterocycles. The van der Waals surface area contributed by atoms with E-state index >= 15 is 0 Å². The summed E-state index contributed by atoms with van der Waals surface area (Å²) in [7, 11) is 0. The molecule has 0 aromatic heterocycles. The van der Waals surface area contributed by atoms with Gasteiger partial charge in [0, 0.05) is 21.7 Å². The largest absolute Gasteiger partial charge is 0.479 e. The average Bonchev–Trinajstić information content (AvgIpc) is 2.98. The minimum Gasteiger partial charge on any atom is -0.479 e. The van der Waals surface area contributed by atoms with Crippen LogP contribution in [-0.2, 0) is 24.8 Å². The topological polar surface area (TPSA) is 180 Å². The van der Waals surface area contributed by atoms with Crippen molar-refractivity contribution in [2.75, 3.05) is 6.61 Å². The highest BCUT2D eigenvalue weighted by molar-refractivity contribution is 6.30. The summed E-state index contributed by atoms with van der Waals surface area (Å²) in [6.45, 7) is 9.91. The summed E-state index contributed by atoms with van der Waals surface area (Å²) >= 11 is 5.94. The zero-order valence-corrected chi connectivity index (χ0v) is 26.2. The normalized spacial score (nSPS) is 20.8. The number of hydrogen-bond donors (Lipinski definition) is 5. The van der Waals surface area contributed by atoms with Gasteiger partial charge in [-0.05, 0) is 58.9 Å². The van der Waals surface area contributed by atoms with Gasteiger partial charge in [-0.2, -0.15) is 0 Å². The zero-order valence-electron chi connectivity index (χ0n) is 25.4. The Balaban J connectivity index is 0.000000276. The third kappa shape index (κ3) is 7.94. The highest BCUT2D eigenvalue weighted by Crippen LogP contribution is 2.33. The van der Waals surface area contributed by atoms with Gasteiger partial charge in [0.2, 0.25) is 17.7 Å². The van der Waals surface area contributed by atoms with Gasteiger partial charge in [-0.25, -0.2) is 14.4 Å². The molecule has 1 aliphatic heterocycles. The predicted octanol–water partition coefficient (Wildman–Crippen LogP) is 3.88. The predicted molar refractivity (Wildman–Crippen MR) is 164 cm³/mol. The number of carboxylic acid groups (broad SMARTS) is 2. The molecule has 4 rings (SSSR count). The van der Waals surface area contributed by atoms with Crippen LogP contribution in [0, 0.1) is 13.8 Å². The van der Waals surface area contributed by atoms with E-state index < -0.39 is 41.2 Å². The number of carbonyl (C=O) groups is 4. The number of hydrogen-bond acceptors (Lipinski definition) is 9. The molecule has 1 saturated heterocycles. The van der Waals surface area contributed by atoms with Gasteiger partial charge in [0.05, 0.1) is 18.2 Å². The first-order valence-corrected chi connectivity index (χ1v) is 14.3. The lowest BCUT2D eigenvalue weighted by Gasteiger charge is -2.46. The second kappa shape index (κ2) is 13.9. The standard InChI is InChI=1S/C20H18O8.C13H18ClNO2/c1-11-3-7-13(8-4-11)15(21)20(19(26)27,16(22)17(23)24)28-18(25)14-9-5-12(2)6-10-14;1-9-13(16,17-8-12(2,3)15-9)10-5-4-6-11(14)7-10/h3-10,16,22H,1-2H3,(H,23,24)(H,26,27);4-7,9,15-16H,8H2,1-3H3/t16-,20+;9-,13+/m00/s1. The van der Waals surface area contributed by atoms with Crippen molar-refractivity contribution in [2.45, 2.75) is 63.7 Å². The summed E-state index contributed by atoms with van der Waals surface area (Å²) in [5.41, 5.74) is -1.58. The van der Waals surface area contributed by atoms with Crippen LogP contribution in [0.1, 0.15) is 58.2 Å². The van der Waals surface area contributed by atoms with Crippen LogP contribution in [0.5, 0.6) is 0 Å². The first-order valence-electron chi connectivity index (χ1n) is 13.9. The number of Topliss-reactive ketones (excluding diaryl/α,β-unsaturated/α-hetero) is 1. The highest BCUT2D eigenvalue weighted by atomic mass is 35.5. The van der Waals surface area contributed by atoms with Crippen LogP contribution in [-0.4, -0.2) is 74.0 Å². The molecule has 0 bridgehead atoms. The van der Waals surface area contributed by atoms with Crippen molar-refractivity contribution in [3.63, 3.8) is 0 Å². The second-order valence-corrected chi connectivity index (χ2v) is 11.9. The number of aliphatic carboxylic acids is 2. The van der Waals surface area contributed by atoms with Crippen LogP contribution in [0.15, 0.2) is 72.8 Å². The second-order valence-electron chi connectivity index (χ2n) is 11.5. The Morgan fingerprint density at radius 3 is 1.96 bits per heavy atom. The molecule has 11 nitrogen and oxygen atoms in total. The van der Waals surface area contributed by atoms with E-state index in [-0.39, 0.29) is 22.7 Å².